The molecule has 0 aromatic rings. The van der Waals surface area contributed by atoms with E-state index >= 15 is 0 Å². The molecule has 0 aliphatic rings. The molecule has 0 aliphatic carbocycles. The Kier molecular flexibility index (Phi) is 5.70. The number of nitrogens with zero attached hydrogens (tertiary/aromatic N) is 1. The second-order valence-electron chi connectivity index (χ2n) is 1.48. The monoisotopic (exact) mass is 151 g/mol. The fourth-order valence-electron chi connectivity index (χ4n) is 0.271. The average Bonchev–Trinajstić information content (AvgIpc) is 1.89. The fourth-order valence-corrected chi connectivity index (χ4v) is 0.420. The van der Waals surface area contributed by atoms with E-state index in [1.165, 1.54) is 4.90 Å². The molecule has 0 unspecified atom stereocenters. The maximum absolute atomic E-state index is 9.90. The van der Waals surface area contributed by atoms with Gasteiger partial charge in [0.05, 0.1) is 6.61 Å². The highest BCUT2D eigenvalue weighted by Gasteiger charge is 1.91. The molecule has 0 spiro atoms. The van der Waals surface area contributed by atoms with Gasteiger partial charge in [-0.1, -0.05) is 0 Å². The normalized spacial score (nSPS) is 9.11. The number of rotatable bonds is 5. The molecule has 0 aromatic carbocycles. The van der Waals surface area contributed by atoms with Crippen LogP contribution in [0.3, 0.4) is 0 Å². The Morgan fingerprint density at radius 1 is 1.89 bits per heavy atom. The van der Waals surface area contributed by atoms with E-state index in [1.807, 2.05) is 0 Å². The zero-order valence-electron chi connectivity index (χ0n) is 5.11. The maximum Gasteiger partial charge on any atom is 0.209 e. The zero-order valence-corrected chi connectivity index (χ0v) is 5.93. The minimum atomic E-state index is 0.312. The van der Waals surface area contributed by atoms with Crippen molar-refractivity contribution in [2.45, 2.75) is 0 Å². The third-order valence-corrected chi connectivity index (χ3v) is 1.03. The zero-order chi connectivity index (χ0) is 7.11. The van der Waals surface area contributed by atoms with Crippen molar-refractivity contribution in [3.05, 3.63) is 0 Å². The Labute approximate surface area is 58.2 Å². The molecular weight excluding hydrogens is 142 g/mol. The molecular formula is C4H9NO3S. The van der Waals surface area contributed by atoms with Crippen LogP contribution in [0.25, 0.3) is 0 Å². The fraction of sp³-hybridized carbons (Fsp3) is 0.750. The molecule has 0 aromatic heterocycles. The van der Waals surface area contributed by atoms with Gasteiger partial charge in [-0.25, -0.2) is 0 Å². The first-order chi connectivity index (χ1) is 4.31. The minimum absolute atomic E-state index is 0.312. The van der Waals surface area contributed by atoms with Crippen molar-refractivity contribution in [2.75, 3.05) is 20.2 Å². The summed E-state index contributed by atoms with van der Waals surface area (Å²) in [6.45, 7) is 0.841. The van der Waals surface area contributed by atoms with Crippen LogP contribution in [0.1, 0.15) is 0 Å². The SMILES string of the molecule is CN(C=O)CCOSO. The van der Waals surface area contributed by atoms with Crippen LogP contribution < -0.4 is 0 Å². The summed E-state index contributed by atoms with van der Waals surface area (Å²) in [5.41, 5.74) is 0. The Bertz CT molecular complexity index is 80.2. The van der Waals surface area contributed by atoms with Crippen molar-refractivity contribution < 1.29 is 13.5 Å². The summed E-state index contributed by atoms with van der Waals surface area (Å²) in [7, 11) is 1.64. The maximum atomic E-state index is 9.90. The molecule has 0 fully saturated rings. The van der Waals surface area contributed by atoms with E-state index in [4.69, 9.17) is 4.55 Å². The van der Waals surface area contributed by atoms with Gasteiger partial charge >= 0.3 is 0 Å². The van der Waals surface area contributed by atoms with Crippen molar-refractivity contribution in [1.29, 1.82) is 0 Å². The number of amides is 1. The number of hydrogen-bond donors (Lipinski definition) is 1. The quantitative estimate of drug-likeness (QED) is 0.347. The highest BCUT2D eigenvalue weighted by molar-refractivity contribution is 7.88. The lowest BCUT2D eigenvalue weighted by Gasteiger charge is -2.07. The second kappa shape index (κ2) is 5.87. The van der Waals surface area contributed by atoms with Crippen molar-refractivity contribution in [2.24, 2.45) is 0 Å². The predicted molar refractivity (Wildman–Crippen MR) is 34.9 cm³/mol. The minimum Gasteiger partial charge on any atom is -0.346 e. The Hall–Kier alpha value is -0.260. The van der Waals surface area contributed by atoms with Crippen molar-refractivity contribution in [1.82, 2.24) is 4.90 Å². The summed E-state index contributed by atoms with van der Waals surface area (Å²) in [6, 6.07) is 0. The Morgan fingerprint density at radius 2 is 2.56 bits per heavy atom. The van der Waals surface area contributed by atoms with Crippen LogP contribution in [0.5, 0.6) is 0 Å². The third kappa shape index (κ3) is 5.61. The van der Waals surface area contributed by atoms with Gasteiger partial charge in [-0.15, -0.1) is 0 Å². The lowest BCUT2D eigenvalue weighted by atomic mass is 10.6. The molecule has 1 N–H and O–H groups in total. The van der Waals surface area contributed by atoms with Gasteiger partial charge in [0.25, 0.3) is 0 Å². The molecule has 1 amide bonds. The number of likely N-dealkylation sites (N-methyl/N-ethyl adjacent to an activating group) is 1. The van der Waals surface area contributed by atoms with Gasteiger partial charge < -0.3 is 9.45 Å². The first kappa shape index (κ1) is 8.74. The summed E-state index contributed by atoms with van der Waals surface area (Å²) >= 11 is 0.312. The molecule has 54 valence electrons. The molecule has 0 bridgehead atoms. The molecule has 0 rings (SSSR count). The molecule has 9 heavy (non-hydrogen) atoms. The van der Waals surface area contributed by atoms with Crippen LogP contribution in [0.15, 0.2) is 0 Å². The van der Waals surface area contributed by atoms with E-state index in [0.717, 1.165) is 0 Å². The van der Waals surface area contributed by atoms with Crippen LogP contribution >= 0.6 is 12.3 Å². The molecule has 5 heteroatoms. The van der Waals surface area contributed by atoms with Gasteiger partial charge in [0.15, 0.2) is 12.3 Å². The second-order valence-corrected chi connectivity index (χ2v) is 1.87. The van der Waals surface area contributed by atoms with Crippen LogP contribution in [0.2, 0.25) is 0 Å². The standard InChI is InChI=1S/C4H9NO3S/c1-5(4-6)2-3-8-9-7/h4,7H,2-3H2,1H3. The van der Waals surface area contributed by atoms with E-state index in [0.29, 0.717) is 31.9 Å². The smallest absolute Gasteiger partial charge is 0.209 e. The Balaban J connectivity index is 2.96. The molecule has 0 saturated carbocycles. The number of carbonyl (C=O) groups excluding carboxylic acids is 1. The van der Waals surface area contributed by atoms with Gasteiger partial charge in [-0.2, -0.15) is 0 Å². The predicted octanol–water partition coefficient (Wildman–Crippen LogP) is 0.212. The first-order valence-electron chi connectivity index (χ1n) is 2.40. The first-order valence-corrected chi connectivity index (χ1v) is 3.09. The van der Waals surface area contributed by atoms with E-state index in [9.17, 15) is 4.79 Å². The van der Waals surface area contributed by atoms with Gasteiger partial charge in [0, 0.05) is 13.6 Å². The largest absolute Gasteiger partial charge is 0.346 e. The summed E-state index contributed by atoms with van der Waals surface area (Å²) < 4.78 is 12.5. The molecule has 0 atom stereocenters. The lowest BCUT2D eigenvalue weighted by molar-refractivity contribution is -0.117. The van der Waals surface area contributed by atoms with Crippen molar-refractivity contribution in [3.8, 4) is 0 Å². The summed E-state index contributed by atoms with van der Waals surface area (Å²) in [6.07, 6.45) is 0.700. The average molecular weight is 151 g/mol. The van der Waals surface area contributed by atoms with Gasteiger partial charge in [-0.3, -0.25) is 8.98 Å². The number of hydrogen-bond acceptors (Lipinski definition) is 4. The lowest BCUT2D eigenvalue weighted by Crippen LogP contribution is -2.20. The van der Waals surface area contributed by atoms with Crippen LogP contribution in [-0.4, -0.2) is 36.1 Å². The third-order valence-electron chi connectivity index (χ3n) is 0.760. The van der Waals surface area contributed by atoms with E-state index < -0.39 is 0 Å². The van der Waals surface area contributed by atoms with Crippen molar-refractivity contribution >= 4 is 18.7 Å². The van der Waals surface area contributed by atoms with E-state index in [1.54, 1.807) is 7.05 Å². The van der Waals surface area contributed by atoms with E-state index in [2.05, 4.69) is 4.18 Å². The van der Waals surface area contributed by atoms with Gasteiger partial charge in [0.2, 0.25) is 6.41 Å². The van der Waals surface area contributed by atoms with Gasteiger partial charge in [-0.05, 0) is 0 Å². The van der Waals surface area contributed by atoms with Crippen LogP contribution in [0, 0.1) is 0 Å². The van der Waals surface area contributed by atoms with Crippen LogP contribution in [-0.2, 0) is 8.98 Å². The molecule has 0 radical (unpaired) electrons. The molecule has 0 saturated heterocycles. The van der Waals surface area contributed by atoms with E-state index in [-0.39, 0.29) is 0 Å². The van der Waals surface area contributed by atoms with Crippen molar-refractivity contribution in [3.63, 3.8) is 0 Å². The summed E-state index contributed by atoms with van der Waals surface area (Å²) in [4.78, 5) is 11.3. The molecule has 4 nitrogen and oxygen atoms in total. The molecule has 0 aliphatic heterocycles. The van der Waals surface area contributed by atoms with Gasteiger partial charge in [0.1, 0.15) is 0 Å². The molecule has 0 heterocycles. The number of carbonyl (C=O) groups is 1. The van der Waals surface area contributed by atoms with Crippen LogP contribution in [0.4, 0.5) is 0 Å². The highest BCUT2D eigenvalue weighted by Crippen LogP contribution is 1.91. The summed E-state index contributed by atoms with van der Waals surface area (Å²) in [5, 5.41) is 0. The highest BCUT2D eigenvalue weighted by atomic mass is 32.2. The Morgan fingerprint density at radius 3 is 3.00 bits per heavy atom. The topological polar surface area (TPSA) is 49.8 Å². The summed E-state index contributed by atoms with van der Waals surface area (Å²) in [5.74, 6) is 0.